The molecular weight excluding hydrogens is 340 g/mol. The van der Waals surface area contributed by atoms with Crippen molar-refractivity contribution in [2.75, 3.05) is 26.2 Å². The SMILES string of the molecule is NCC(=O)NCC(=O)NCCNC(=O)c1ccc(Br)cc1. The van der Waals surface area contributed by atoms with Gasteiger partial charge in [0.25, 0.3) is 5.91 Å². The third-order valence-electron chi connectivity index (χ3n) is 2.47. The summed E-state index contributed by atoms with van der Waals surface area (Å²) in [5, 5.41) is 7.58. The molecule has 0 aromatic heterocycles. The van der Waals surface area contributed by atoms with Crippen LogP contribution in [0, 0.1) is 0 Å². The fourth-order valence-electron chi connectivity index (χ4n) is 1.39. The van der Waals surface area contributed by atoms with Crippen LogP contribution in [0.3, 0.4) is 0 Å². The van der Waals surface area contributed by atoms with E-state index in [1.165, 1.54) is 0 Å². The monoisotopic (exact) mass is 356 g/mol. The number of nitrogens with one attached hydrogen (secondary N) is 3. The third kappa shape index (κ3) is 6.87. The molecule has 0 bridgehead atoms. The molecule has 0 atom stereocenters. The first-order valence-electron chi connectivity index (χ1n) is 6.30. The maximum absolute atomic E-state index is 11.7. The minimum atomic E-state index is -0.395. The van der Waals surface area contributed by atoms with E-state index in [1.807, 2.05) is 0 Å². The molecule has 0 aliphatic rings. The fourth-order valence-corrected chi connectivity index (χ4v) is 1.66. The summed E-state index contributed by atoms with van der Waals surface area (Å²) < 4.78 is 0.894. The van der Waals surface area contributed by atoms with Crippen LogP contribution >= 0.6 is 15.9 Å². The zero-order valence-corrected chi connectivity index (χ0v) is 12.9. The van der Waals surface area contributed by atoms with Crippen LogP contribution in [0.1, 0.15) is 10.4 Å². The Morgan fingerprint density at radius 3 is 2.19 bits per heavy atom. The number of carbonyl (C=O) groups excluding carboxylic acids is 3. The molecule has 0 heterocycles. The number of hydrogen-bond donors (Lipinski definition) is 4. The first-order valence-corrected chi connectivity index (χ1v) is 7.09. The summed E-state index contributed by atoms with van der Waals surface area (Å²) in [6.45, 7) is 0.290. The Kier molecular flexibility index (Phi) is 7.41. The van der Waals surface area contributed by atoms with Gasteiger partial charge in [0, 0.05) is 23.1 Å². The molecule has 5 N–H and O–H groups in total. The van der Waals surface area contributed by atoms with Gasteiger partial charge in [-0.15, -0.1) is 0 Å². The quantitative estimate of drug-likeness (QED) is 0.487. The van der Waals surface area contributed by atoms with Gasteiger partial charge >= 0.3 is 0 Å². The third-order valence-corrected chi connectivity index (χ3v) is 3.00. The molecule has 21 heavy (non-hydrogen) atoms. The second kappa shape index (κ2) is 9.09. The van der Waals surface area contributed by atoms with Gasteiger partial charge in [0.2, 0.25) is 11.8 Å². The number of rotatable bonds is 7. The molecular formula is C13H17BrN4O3. The van der Waals surface area contributed by atoms with Crippen molar-refractivity contribution in [1.82, 2.24) is 16.0 Å². The zero-order valence-electron chi connectivity index (χ0n) is 11.3. The van der Waals surface area contributed by atoms with E-state index in [0.29, 0.717) is 12.1 Å². The highest BCUT2D eigenvalue weighted by atomic mass is 79.9. The fraction of sp³-hybridized carbons (Fsp3) is 0.308. The smallest absolute Gasteiger partial charge is 0.251 e. The van der Waals surface area contributed by atoms with Crippen molar-refractivity contribution in [2.45, 2.75) is 0 Å². The highest BCUT2D eigenvalue weighted by Crippen LogP contribution is 2.10. The molecule has 7 nitrogen and oxygen atoms in total. The van der Waals surface area contributed by atoms with Crippen LogP contribution < -0.4 is 21.7 Å². The van der Waals surface area contributed by atoms with Crippen molar-refractivity contribution < 1.29 is 14.4 Å². The topological polar surface area (TPSA) is 113 Å². The van der Waals surface area contributed by atoms with Crippen LogP contribution in [-0.2, 0) is 9.59 Å². The second-order valence-electron chi connectivity index (χ2n) is 4.09. The number of benzene rings is 1. The number of nitrogens with two attached hydrogens (primary N) is 1. The highest BCUT2D eigenvalue weighted by molar-refractivity contribution is 9.10. The summed E-state index contributed by atoms with van der Waals surface area (Å²) in [6.07, 6.45) is 0. The van der Waals surface area contributed by atoms with Crippen LogP contribution in [0.5, 0.6) is 0 Å². The molecule has 3 amide bonds. The van der Waals surface area contributed by atoms with Gasteiger partial charge in [-0.25, -0.2) is 0 Å². The van der Waals surface area contributed by atoms with Gasteiger partial charge in [-0.3, -0.25) is 14.4 Å². The number of carbonyl (C=O) groups is 3. The largest absolute Gasteiger partial charge is 0.353 e. The normalized spacial score (nSPS) is 9.81. The Balaban J connectivity index is 2.19. The van der Waals surface area contributed by atoms with E-state index in [-0.39, 0.29) is 31.4 Å². The van der Waals surface area contributed by atoms with Gasteiger partial charge in [-0.2, -0.15) is 0 Å². The predicted octanol–water partition coefficient (Wildman–Crippen LogP) is -0.630. The molecule has 8 heteroatoms. The average Bonchev–Trinajstić information content (AvgIpc) is 2.49. The summed E-state index contributed by atoms with van der Waals surface area (Å²) in [5.41, 5.74) is 5.63. The predicted molar refractivity (Wildman–Crippen MR) is 81.5 cm³/mol. The van der Waals surface area contributed by atoms with E-state index in [9.17, 15) is 14.4 Å². The van der Waals surface area contributed by atoms with Crippen molar-refractivity contribution in [2.24, 2.45) is 5.73 Å². The summed E-state index contributed by atoms with van der Waals surface area (Å²) >= 11 is 3.29. The first-order chi connectivity index (χ1) is 10.0. The number of amides is 3. The minimum Gasteiger partial charge on any atom is -0.353 e. The molecule has 1 aromatic carbocycles. The van der Waals surface area contributed by atoms with E-state index < -0.39 is 5.91 Å². The molecule has 1 rings (SSSR count). The molecule has 0 saturated heterocycles. The van der Waals surface area contributed by atoms with Crippen molar-refractivity contribution >= 4 is 33.7 Å². The van der Waals surface area contributed by atoms with Crippen LogP contribution in [0.25, 0.3) is 0 Å². The lowest BCUT2D eigenvalue weighted by Gasteiger charge is -2.08. The van der Waals surface area contributed by atoms with E-state index in [2.05, 4.69) is 31.9 Å². The van der Waals surface area contributed by atoms with Gasteiger partial charge in [0.05, 0.1) is 13.1 Å². The van der Waals surface area contributed by atoms with Crippen LogP contribution in [0.4, 0.5) is 0 Å². The highest BCUT2D eigenvalue weighted by Gasteiger charge is 2.05. The Bertz CT molecular complexity index is 505. The number of halogens is 1. The molecule has 0 saturated carbocycles. The lowest BCUT2D eigenvalue weighted by molar-refractivity contribution is -0.125. The molecule has 0 fully saturated rings. The molecule has 0 unspecified atom stereocenters. The Labute approximate surface area is 130 Å². The van der Waals surface area contributed by atoms with Gasteiger partial charge < -0.3 is 21.7 Å². The zero-order chi connectivity index (χ0) is 15.7. The molecule has 0 aliphatic heterocycles. The molecule has 1 aromatic rings. The summed E-state index contributed by atoms with van der Waals surface area (Å²) in [7, 11) is 0. The van der Waals surface area contributed by atoms with Gasteiger partial charge in [-0.1, -0.05) is 15.9 Å². The summed E-state index contributed by atoms with van der Waals surface area (Å²) in [6, 6.07) is 6.94. The van der Waals surface area contributed by atoms with Crippen molar-refractivity contribution in [3.63, 3.8) is 0 Å². The van der Waals surface area contributed by atoms with Gasteiger partial charge in [0.1, 0.15) is 0 Å². The maximum atomic E-state index is 11.7. The number of hydrogen-bond acceptors (Lipinski definition) is 4. The molecule has 0 spiro atoms. The standard InChI is InChI=1S/C13H17BrN4O3/c14-10-3-1-9(2-4-10)13(21)17-6-5-16-12(20)8-18-11(19)7-15/h1-4H,5-8,15H2,(H,16,20)(H,17,21)(H,18,19). The maximum Gasteiger partial charge on any atom is 0.251 e. The molecule has 0 radical (unpaired) electrons. The van der Waals surface area contributed by atoms with Gasteiger partial charge in [-0.05, 0) is 24.3 Å². The Morgan fingerprint density at radius 2 is 1.57 bits per heavy atom. The van der Waals surface area contributed by atoms with Gasteiger partial charge in [0.15, 0.2) is 0 Å². The van der Waals surface area contributed by atoms with Crippen molar-refractivity contribution in [3.05, 3.63) is 34.3 Å². The molecule has 0 aliphatic carbocycles. The lowest BCUT2D eigenvalue weighted by Crippen LogP contribution is -2.41. The average molecular weight is 357 g/mol. The van der Waals surface area contributed by atoms with Crippen LogP contribution in [0.2, 0.25) is 0 Å². The van der Waals surface area contributed by atoms with E-state index in [0.717, 1.165) is 4.47 Å². The van der Waals surface area contributed by atoms with Crippen LogP contribution in [-0.4, -0.2) is 43.9 Å². The van der Waals surface area contributed by atoms with E-state index in [4.69, 9.17) is 5.73 Å². The van der Waals surface area contributed by atoms with E-state index >= 15 is 0 Å². The van der Waals surface area contributed by atoms with Crippen molar-refractivity contribution in [1.29, 1.82) is 0 Å². The first kappa shape index (κ1) is 17.1. The molecule has 114 valence electrons. The van der Waals surface area contributed by atoms with E-state index in [1.54, 1.807) is 24.3 Å². The van der Waals surface area contributed by atoms with Crippen LogP contribution in [0.15, 0.2) is 28.7 Å². The Morgan fingerprint density at radius 1 is 0.952 bits per heavy atom. The lowest BCUT2D eigenvalue weighted by atomic mass is 10.2. The second-order valence-corrected chi connectivity index (χ2v) is 5.01. The van der Waals surface area contributed by atoms with Crippen molar-refractivity contribution in [3.8, 4) is 0 Å². The Hall–Kier alpha value is -1.93. The minimum absolute atomic E-state index is 0.128. The summed E-state index contributed by atoms with van der Waals surface area (Å²) in [5.74, 6) is -0.948. The summed E-state index contributed by atoms with van der Waals surface area (Å²) in [4.78, 5) is 33.9.